The Kier molecular flexibility index (Phi) is 4.38. The number of anilines is 1. The van der Waals surface area contributed by atoms with Gasteiger partial charge in [-0.3, -0.25) is 4.68 Å². The van der Waals surface area contributed by atoms with Crippen molar-refractivity contribution in [1.82, 2.24) is 14.5 Å². The van der Waals surface area contributed by atoms with E-state index < -0.39 is 22.2 Å². The maximum atomic E-state index is 14.3. The van der Waals surface area contributed by atoms with Gasteiger partial charge in [0.15, 0.2) is 0 Å². The summed E-state index contributed by atoms with van der Waals surface area (Å²) >= 11 is 0. The molecular formula is C20H23FN4O3S. The standard InChI is InChI=1S/C20H23FN4O3S/c21-16-8-3-9-25-19(16)17(11-22-25)29(27,28)24-20(26)23-18-14-6-1-4-12(14)10-13-5-2-7-15(13)18/h10-11,16H,1-9H2,(H2,23,24,26). The zero-order valence-electron chi connectivity index (χ0n) is 16.0. The highest BCUT2D eigenvalue weighted by Gasteiger charge is 2.32. The molecule has 2 aliphatic carbocycles. The smallest absolute Gasteiger partial charge is 0.307 e. The minimum Gasteiger partial charge on any atom is -0.307 e. The van der Waals surface area contributed by atoms with E-state index in [1.165, 1.54) is 15.8 Å². The van der Waals surface area contributed by atoms with Crippen LogP contribution < -0.4 is 10.0 Å². The molecule has 1 aliphatic heterocycles. The summed E-state index contributed by atoms with van der Waals surface area (Å²) in [5.74, 6) is 0. The van der Waals surface area contributed by atoms with Crippen LogP contribution in [0.25, 0.3) is 0 Å². The molecule has 2 amide bonds. The van der Waals surface area contributed by atoms with Crippen molar-refractivity contribution in [1.29, 1.82) is 0 Å². The lowest BCUT2D eigenvalue weighted by atomic mass is 9.99. The maximum Gasteiger partial charge on any atom is 0.333 e. The molecule has 3 aliphatic rings. The van der Waals surface area contributed by atoms with Crippen LogP contribution in [-0.2, 0) is 42.3 Å². The van der Waals surface area contributed by atoms with E-state index in [1.54, 1.807) is 0 Å². The summed E-state index contributed by atoms with van der Waals surface area (Å²) in [5, 5.41) is 6.79. The molecular weight excluding hydrogens is 395 g/mol. The molecule has 5 rings (SSSR count). The predicted molar refractivity (Wildman–Crippen MR) is 105 cm³/mol. The van der Waals surface area contributed by atoms with Crippen molar-refractivity contribution >= 4 is 21.7 Å². The van der Waals surface area contributed by atoms with E-state index in [0.29, 0.717) is 13.0 Å². The number of carbonyl (C=O) groups is 1. The van der Waals surface area contributed by atoms with Crippen molar-refractivity contribution < 1.29 is 17.6 Å². The first kappa shape index (κ1) is 18.6. The van der Waals surface area contributed by atoms with Crippen LogP contribution in [-0.4, -0.2) is 24.2 Å². The van der Waals surface area contributed by atoms with Crippen molar-refractivity contribution in [3.63, 3.8) is 0 Å². The third-order valence-electron chi connectivity index (χ3n) is 6.20. The van der Waals surface area contributed by atoms with Crippen molar-refractivity contribution in [3.8, 4) is 0 Å². The second-order valence-corrected chi connectivity index (χ2v) is 9.67. The largest absolute Gasteiger partial charge is 0.333 e. The van der Waals surface area contributed by atoms with Gasteiger partial charge in [-0.25, -0.2) is 22.3 Å². The zero-order valence-corrected chi connectivity index (χ0v) is 16.8. The highest BCUT2D eigenvalue weighted by Crippen LogP contribution is 2.38. The van der Waals surface area contributed by atoms with Crippen LogP contribution in [0.4, 0.5) is 14.9 Å². The van der Waals surface area contributed by atoms with E-state index in [0.717, 1.165) is 61.5 Å². The highest BCUT2D eigenvalue weighted by molar-refractivity contribution is 7.90. The van der Waals surface area contributed by atoms with Crippen molar-refractivity contribution in [2.24, 2.45) is 0 Å². The highest BCUT2D eigenvalue weighted by atomic mass is 32.2. The van der Waals surface area contributed by atoms with Gasteiger partial charge in [0, 0.05) is 12.2 Å². The summed E-state index contributed by atoms with van der Waals surface area (Å²) in [6, 6.07) is 1.43. The van der Waals surface area contributed by atoms with E-state index in [9.17, 15) is 17.6 Å². The molecule has 1 atom stereocenters. The molecule has 2 heterocycles. The first-order valence-electron chi connectivity index (χ1n) is 10.1. The Balaban J connectivity index is 1.42. The van der Waals surface area contributed by atoms with Gasteiger partial charge in [0.1, 0.15) is 11.1 Å². The Morgan fingerprint density at radius 1 is 1.10 bits per heavy atom. The maximum absolute atomic E-state index is 14.3. The molecule has 1 aromatic heterocycles. The van der Waals surface area contributed by atoms with Crippen molar-refractivity contribution in [2.45, 2.75) is 69.0 Å². The van der Waals surface area contributed by atoms with E-state index in [2.05, 4.69) is 21.2 Å². The predicted octanol–water partition coefficient (Wildman–Crippen LogP) is 3.18. The Bertz CT molecular complexity index is 1080. The molecule has 1 unspecified atom stereocenters. The van der Waals surface area contributed by atoms with Gasteiger partial charge < -0.3 is 5.32 Å². The van der Waals surface area contributed by atoms with Gasteiger partial charge in [0.2, 0.25) is 0 Å². The number of amides is 2. The van der Waals surface area contributed by atoms with Crippen LogP contribution in [0.3, 0.4) is 0 Å². The number of alkyl halides is 1. The first-order valence-corrected chi connectivity index (χ1v) is 11.6. The summed E-state index contributed by atoms with van der Waals surface area (Å²) < 4.78 is 43.3. The van der Waals surface area contributed by atoms with Crippen LogP contribution in [0.15, 0.2) is 17.2 Å². The number of halogens is 1. The van der Waals surface area contributed by atoms with Crippen LogP contribution in [0.2, 0.25) is 0 Å². The van der Waals surface area contributed by atoms with Crippen LogP contribution in [0, 0.1) is 0 Å². The minimum absolute atomic E-state index is 0.0260. The quantitative estimate of drug-likeness (QED) is 0.801. The molecule has 0 saturated carbocycles. The monoisotopic (exact) mass is 418 g/mol. The molecule has 0 bridgehead atoms. The number of sulfonamides is 1. The summed E-state index contributed by atoms with van der Waals surface area (Å²) in [7, 11) is -4.22. The number of rotatable bonds is 3. The van der Waals surface area contributed by atoms with Gasteiger partial charge in [0.25, 0.3) is 10.0 Å². The topological polar surface area (TPSA) is 93.1 Å². The van der Waals surface area contributed by atoms with Gasteiger partial charge in [-0.15, -0.1) is 0 Å². The van der Waals surface area contributed by atoms with Crippen molar-refractivity contribution in [2.75, 3.05) is 5.32 Å². The zero-order chi connectivity index (χ0) is 20.2. The number of aromatic nitrogens is 2. The second-order valence-electron chi connectivity index (χ2n) is 8.02. The summed E-state index contributed by atoms with van der Waals surface area (Å²) in [4.78, 5) is 12.4. The third-order valence-corrected chi connectivity index (χ3v) is 7.54. The number of aryl methyl sites for hydroxylation is 3. The number of carbonyl (C=O) groups excluding carboxylic acids is 1. The average Bonchev–Trinajstić information content (AvgIpc) is 3.40. The number of benzene rings is 1. The molecule has 0 radical (unpaired) electrons. The molecule has 2 aromatic rings. The molecule has 9 heteroatoms. The average molecular weight is 418 g/mol. The molecule has 29 heavy (non-hydrogen) atoms. The van der Waals surface area contributed by atoms with E-state index in [-0.39, 0.29) is 17.0 Å². The number of hydrogen-bond donors (Lipinski definition) is 2. The van der Waals surface area contributed by atoms with E-state index in [4.69, 9.17) is 0 Å². The molecule has 1 aromatic carbocycles. The second kappa shape index (κ2) is 6.83. The van der Waals surface area contributed by atoms with Gasteiger partial charge in [-0.2, -0.15) is 5.10 Å². The lowest BCUT2D eigenvalue weighted by Gasteiger charge is -2.19. The summed E-state index contributed by atoms with van der Waals surface area (Å²) in [6.45, 7) is 0.472. The Hall–Kier alpha value is -2.42. The number of nitrogens with zero attached hydrogens (tertiary/aromatic N) is 2. The van der Waals surface area contributed by atoms with E-state index in [1.807, 2.05) is 0 Å². The van der Waals surface area contributed by atoms with E-state index >= 15 is 0 Å². The van der Waals surface area contributed by atoms with Gasteiger partial charge in [0.05, 0.1) is 11.9 Å². The molecule has 0 saturated heterocycles. The van der Waals surface area contributed by atoms with Crippen LogP contribution in [0.1, 0.15) is 59.8 Å². The molecule has 154 valence electrons. The summed E-state index contributed by atoms with van der Waals surface area (Å²) in [5.41, 5.74) is 5.51. The first-order chi connectivity index (χ1) is 13.9. The number of fused-ring (bicyclic) bond motifs is 3. The van der Waals surface area contributed by atoms with Crippen LogP contribution >= 0.6 is 0 Å². The normalized spacial score (nSPS) is 20.1. The number of urea groups is 1. The fourth-order valence-corrected chi connectivity index (χ4v) is 6.02. The molecule has 7 nitrogen and oxygen atoms in total. The lowest BCUT2D eigenvalue weighted by Crippen LogP contribution is -2.35. The fourth-order valence-electron chi connectivity index (χ4n) is 4.92. The molecule has 0 fully saturated rings. The van der Waals surface area contributed by atoms with Gasteiger partial charge in [-0.1, -0.05) is 6.07 Å². The Morgan fingerprint density at radius 2 is 1.79 bits per heavy atom. The van der Waals surface area contributed by atoms with Gasteiger partial charge in [-0.05, 0) is 73.6 Å². The molecule has 2 N–H and O–H groups in total. The third kappa shape index (κ3) is 3.11. The lowest BCUT2D eigenvalue weighted by molar-refractivity contribution is 0.253. The Morgan fingerprint density at radius 3 is 2.48 bits per heavy atom. The number of hydrogen-bond acceptors (Lipinski definition) is 4. The Labute approximate surface area is 168 Å². The molecule has 0 spiro atoms. The SMILES string of the molecule is O=C(Nc1c2c(cc3c1CCC3)CCC2)NS(=O)(=O)c1cnn2c1C(F)CCC2. The summed E-state index contributed by atoms with van der Waals surface area (Å²) in [6.07, 6.45) is 6.38. The van der Waals surface area contributed by atoms with Crippen LogP contribution in [0.5, 0.6) is 0 Å². The van der Waals surface area contributed by atoms with Crippen molar-refractivity contribution in [3.05, 3.63) is 40.2 Å². The number of nitrogens with one attached hydrogen (secondary N) is 2. The fraction of sp³-hybridized carbons (Fsp3) is 0.500. The van der Waals surface area contributed by atoms with Gasteiger partial charge >= 0.3 is 6.03 Å². The minimum atomic E-state index is -4.22.